The molecule has 0 aromatic carbocycles. The Hall–Kier alpha value is -0.560. The van der Waals surface area contributed by atoms with Crippen molar-refractivity contribution in [2.45, 2.75) is 20.9 Å². The van der Waals surface area contributed by atoms with Crippen molar-refractivity contribution in [2.24, 2.45) is 5.14 Å². The van der Waals surface area contributed by atoms with Gasteiger partial charge in [-0.25, -0.2) is 22.0 Å². The molecule has 11 heteroatoms. The average Bonchev–Trinajstić information content (AvgIpc) is 2.78. The van der Waals surface area contributed by atoms with Gasteiger partial charge in [0.25, 0.3) is 10.0 Å². The quantitative estimate of drug-likeness (QED) is 0.629. The van der Waals surface area contributed by atoms with E-state index in [2.05, 4.69) is 0 Å². The first-order valence-corrected chi connectivity index (χ1v) is 9.44. The number of nitrogens with two attached hydrogens (primary N) is 1. The molecule has 0 saturated heterocycles. The van der Waals surface area contributed by atoms with Gasteiger partial charge in [-0.2, -0.15) is 4.31 Å². The Balaban J connectivity index is 2.51. The summed E-state index contributed by atoms with van der Waals surface area (Å²) in [6.45, 7) is -0.296. The first-order chi connectivity index (χ1) is 9.17. The predicted molar refractivity (Wildman–Crippen MR) is 71.1 cm³/mol. The monoisotopic (exact) mass is 342 g/mol. The van der Waals surface area contributed by atoms with E-state index in [1.807, 2.05) is 0 Å². The first kappa shape index (κ1) is 15.8. The topological polar surface area (TPSA) is 138 Å². The third-order valence-electron chi connectivity index (χ3n) is 2.86. The summed E-state index contributed by atoms with van der Waals surface area (Å²) in [6, 6.07) is 1.10. The van der Waals surface area contributed by atoms with Crippen LogP contribution in [0.3, 0.4) is 0 Å². The molecular weight excluding hydrogens is 328 g/mol. The highest BCUT2D eigenvalue weighted by molar-refractivity contribution is 7.94. The molecule has 2 rings (SSSR count). The Morgan fingerprint density at radius 2 is 2.15 bits per heavy atom. The minimum atomic E-state index is -4.02. The van der Waals surface area contributed by atoms with Crippen molar-refractivity contribution in [3.8, 4) is 0 Å². The van der Waals surface area contributed by atoms with Crippen LogP contribution in [-0.2, 0) is 20.0 Å². The molecule has 2 heterocycles. The Kier molecular flexibility index (Phi) is 4.22. The van der Waals surface area contributed by atoms with Gasteiger partial charge < -0.3 is 10.2 Å². The fourth-order valence-electron chi connectivity index (χ4n) is 1.90. The van der Waals surface area contributed by atoms with Gasteiger partial charge in [0.2, 0.25) is 10.0 Å². The number of rotatable bonds is 4. The van der Waals surface area contributed by atoms with Gasteiger partial charge in [-0.3, -0.25) is 0 Å². The average molecular weight is 342 g/mol. The molecule has 1 aliphatic heterocycles. The smallest absolute Gasteiger partial charge is 0.253 e. The number of β-amino-alcohol motifs (C(OH)–C–C–N with tert-alkyl or cyclic N) is 1. The Morgan fingerprint density at radius 3 is 2.70 bits per heavy atom. The maximum atomic E-state index is 12.3. The van der Waals surface area contributed by atoms with E-state index in [4.69, 9.17) is 10.2 Å². The minimum Gasteiger partial charge on any atom is -0.396 e. The highest BCUT2D eigenvalue weighted by Crippen LogP contribution is 2.39. The fraction of sp³-hybridized carbons (Fsp3) is 0.556. The van der Waals surface area contributed by atoms with E-state index >= 15 is 0 Å². The molecule has 1 aliphatic rings. The van der Waals surface area contributed by atoms with E-state index in [1.165, 1.54) is 0 Å². The Bertz CT molecular complexity index is 708. The van der Waals surface area contributed by atoms with Gasteiger partial charge in [0.05, 0.1) is 6.10 Å². The largest absolute Gasteiger partial charge is 0.396 e. The third-order valence-corrected chi connectivity index (χ3v) is 7.82. The van der Waals surface area contributed by atoms with Crippen LogP contribution in [0.4, 0.5) is 0 Å². The lowest BCUT2D eigenvalue weighted by Crippen LogP contribution is -2.39. The van der Waals surface area contributed by atoms with Crippen LogP contribution < -0.4 is 5.14 Å². The lowest BCUT2D eigenvalue weighted by Gasteiger charge is -2.29. The molecule has 114 valence electrons. The SMILES string of the molecule is NS(=O)(=O)c1cc2c(s1)S(=O)(=O)N(CCCO)C[C@H]2O. The number of sulfonamides is 2. The molecule has 0 radical (unpaired) electrons. The van der Waals surface area contributed by atoms with Crippen molar-refractivity contribution in [2.75, 3.05) is 19.7 Å². The Labute approximate surface area is 120 Å². The molecular formula is C9H14N2O6S3. The van der Waals surface area contributed by atoms with Crippen LogP contribution in [0.25, 0.3) is 0 Å². The number of primary sulfonamides is 1. The van der Waals surface area contributed by atoms with Crippen LogP contribution in [0.15, 0.2) is 14.5 Å². The molecule has 0 fully saturated rings. The molecule has 1 atom stereocenters. The number of aliphatic hydroxyl groups is 2. The van der Waals surface area contributed by atoms with Crippen LogP contribution in [0.5, 0.6) is 0 Å². The maximum absolute atomic E-state index is 12.3. The van der Waals surface area contributed by atoms with Crippen molar-refractivity contribution < 1.29 is 27.0 Å². The molecule has 0 saturated carbocycles. The summed E-state index contributed by atoms with van der Waals surface area (Å²) < 4.78 is 47.7. The van der Waals surface area contributed by atoms with Gasteiger partial charge in [-0.15, -0.1) is 11.3 Å². The van der Waals surface area contributed by atoms with Crippen molar-refractivity contribution in [1.29, 1.82) is 0 Å². The van der Waals surface area contributed by atoms with Crippen molar-refractivity contribution >= 4 is 31.4 Å². The Morgan fingerprint density at radius 1 is 1.50 bits per heavy atom. The van der Waals surface area contributed by atoms with E-state index in [-0.39, 0.29) is 40.1 Å². The van der Waals surface area contributed by atoms with Crippen LogP contribution in [-0.4, -0.2) is 51.1 Å². The minimum absolute atomic E-state index is 0.0535. The van der Waals surface area contributed by atoms with Crippen molar-refractivity contribution in [3.05, 3.63) is 11.6 Å². The lowest BCUT2D eigenvalue weighted by atomic mass is 10.2. The van der Waals surface area contributed by atoms with E-state index in [1.54, 1.807) is 0 Å². The molecule has 0 unspecified atom stereocenters. The van der Waals surface area contributed by atoms with Crippen LogP contribution in [0.2, 0.25) is 0 Å². The molecule has 0 aliphatic carbocycles. The molecule has 8 nitrogen and oxygen atoms in total. The second-order valence-corrected chi connectivity index (χ2v) is 9.28. The van der Waals surface area contributed by atoms with Crippen LogP contribution in [0.1, 0.15) is 18.1 Å². The van der Waals surface area contributed by atoms with Crippen LogP contribution >= 0.6 is 11.3 Å². The summed E-state index contributed by atoms with van der Waals surface area (Å²) in [7, 11) is -7.89. The lowest BCUT2D eigenvalue weighted by molar-refractivity contribution is 0.136. The summed E-state index contributed by atoms with van der Waals surface area (Å²) >= 11 is 0.525. The summed E-state index contributed by atoms with van der Waals surface area (Å²) in [5.74, 6) is 0. The number of aliphatic hydroxyl groups excluding tert-OH is 2. The first-order valence-electron chi connectivity index (χ1n) is 5.63. The third kappa shape index (κ3) is 2.74. The molecule has 4 N–H and O–H groups in total. The predicted octanol–water partition coefficient (Wildman–Crippen LogP) is -1.18. The fourth-order valence-corrected chi connectivity index (χ4v) is 6.19. The van der Waals surface area contributed by atoms with Gasteiger partial charge in [0, 0.05) is 25.3 Å². The highest BCUT2D eigenvalue weighted by Gasteiger charge is 2.39. The zero-order valence-electron chi connectivity index (χ0n) is 10.3. The molecule has 0 spiro atoms. The molecule has 1 aromatic rings. The van der Waals surface area contributed by atoms with Crippen molar-refractivity contribution in [1.82, 2.24) is 4.31 Å². The normalized spacial score (nSPS) is 22.6. The maximum Gasteiger partial charge on any atom is 0.253 e. The second kappa shape index (κ2) is 5.33. The van der Waals surface area contributed by atoms with E-state index < -0.39 is 26.2 Å². The summed E-state index contributed by atoms with van der Waals surface area (Å²) in [5, 5.41) is 23.7. The zero-order valence-corrected chi connectivity index (χ0v) is 12.7. The van der Waals surface area contributed by atoms with E-state index in [0.717, 1.165) is 10.4 Å². The zero-order chi connectivity index (χ0) is 15.1. The second-order valence-electron chi connectivity index (χ2n) is 4.31. The number of nitrogens with zero attached hydrogens (tertiary/aromatic N) is 1. The van der Waals surface area contributed by atoms with Gasteiger partial charge in [-0.05, 0) is 12.5 Å². The van der Waals surface area contributed by atoms with Crippen molar-refractivity contribution in [3.63, 3.8) is 0 Å². The standard InChI is InChI=1S/C9H14N2O6S3/c10-19(14,15)8-4-6-7(13)5-11(2-1-3-12)20(16,17)9(6)18-8/h4,7,12-13H,1-3,5H2,(H2,10,14,15)/t7-/m1/s1. The molecule has 20 heavy (non-hydrogen) atoms. The number of fused-ring (bicyclic) bond motifs is 1. The van der Waals surface area contributed by atoms with Gasteiger partial charge >= 0.3 is 0 Å². The highest BCUT2D eigenvalue weighted by atomic mass is 32.3. The summed E-state index contributed by atoms with van der Waals surface area (Å²) in [6.07, 6.45) is -0.881. The molecule has 1 aromatic heterocycles. The summed E-state index contributed by atoms with van der Waals surface area (Å²) in [5.41, 5.74) is 0.0549. The van der Waals surface area contributed by atoms with Gasteiger partial charge in [0.15, 0.2) is 0 Å². The van der Waals surface area contributed by atoms with Crippen LogP contribution in [0, 0.1) is 0 Å². The summed E-state index contributed by atoms with van der Waals surface area (Å²) in [4.78, 5) is 0. The van der Waals surface area contributed by atoms with Gasteiger partial charge in [-0.1, -0.05) is 0 Å². The van der Waals surface area contributed by atoms with Gasteiger partial charge in [0.1, 0.15) is 8.42 Å². The number of thiophene rings is 1. The number of hydrogen-bond donors (Lipinski definition) is 3. The number of hydrogen-bond acceptors (Lipinski definition) is 7. The van der Waals surface area contributed by atoms with E-state index in [9.17, 15) is 21.9 Å². The van der Waals surface area contributed by atoms with E-state index in [0.29, 0.717) is 11.3 Å². The molecule has 0 amide bonds. The molecule has 0 bridgehead atoms.